The molecule has 0 atom stereocenters. The minimum atomic E-state index is 0.148. The molecule has 0 radical (unpaired) electrons. The third-order valence-electron chi connectivity index (χ3n) is 4.96. The first-order valence-electron chi connectivity index (χ1n) is 8.30. The highest BCUT2D eigenvalue weighted by atomic mass is 16.3. The molecule has 1 fully saturated rings. The van der Waals surface area contributed by atoms with E-state index < -0.39 is 0 Å². The van der Waals surface area contributed by atoms with Crippen LogP contribution in [-0.4, -0.2) is 35.4 Å². The smallest absolute Gasteiger partial charge is 0.230 e. The summed E-state index contributed by atoms with van der Waals surface area (Å²) in [5.41, 5.74) is 3.37. The van der Waals surface area contributed by atoms with Crippen molar-refractivity contribution in [2.45, 2.75) is 25.8 Å². The van der Waals surface area contributed by atoms with Crippen molar-refractivity contribution >= 4 is 11.6 Å². The van der Waals surface area contributed by atoms with Crippen LogP contribution >= 0.6 is 0 Å². The number of para-hydroxylation sites is 1. The number of hydrogen-bond donors (Lipinski definition) is 0. The number of rotatable bonds is 3. The summed E-state index contributed by atoms with van der Waals surface area (Å²) in [4.78, 5) is 21.4. The summed E-state index contributed by atoms with van der Waals surface area (Å²) in [7, 11) is 0. The predicted octanol–water partition coefficient (Wildman–Crippen LogP) is 2.48. The Bertz CT molecular complexity index is 675. The van der Waals surface area contributed by atoms with Crippen LogP contribution in [0.2, 0.25) is 0 Å². The number of hydrogen-bond acceptors (Lipinski definition) is 4. The molecule has 120 valence electrons. The molecule has 5 nitrogen and oxygen atoms in total. The van der Waals surface area contributed by atoms with Crippen molar-refractivity contribution in [1.82, 2.24) is 9.88 Å². The van der Waals surface area contributed by atoms with Crippen molar-refractivity contribution in [1.29, 1.82) is 0 Å². The van der Waals surface area contributed by atoms with Crippen LogP contribution in [0, 0.1) is 5.92 Å². The van der Waals surface area contributed by atoms with Gasteiger partial charge in [-0.05, 0) is 44.0 Å². The van der Waals surface area contributed by atoms with E-state index in [0.29, 0.717) is 5.91 Å². The summed E-state index contributed by atoms with van der Waals surface area (Å²) in [6, 6.07) is 8.27. The molecule has 2 aliphatic heterocycles. The highest BCUT2D eigenvalue weighted by molar-refractivity contribution is 5.97. The fourth-order valence-corrected chi connectivity index (χ4v) is 3.67. The highest BCUT2D eigenvalue weighted by Crippen LogP contribution is 2.31. The number of anilines is 1. The summed E-state index contributed by atoms with van der Waals surface area (Å²) < 4.78 is 5.02. The Morgan fingerprint density at radius 3 is 2.83 bits per heavy atom. The molecule has 1 aromatic heterocycles. The number of carbonyl (C=O) groups is 1. The summed E-state index contributed by atoms with van der Waals surface area (Å²) in [6.07, 6.45) is 5.99. The van der Waals surface area contributed by atoms with E-state index in [0.717, 1.165) is 56.8 Å². The van der Waals surface area contributed by atoms with E-state index in [2.05, 4.69) is 28.1 Å². The third-order valence-corrected chi connectivity index (χ3v) is 4.96. The number of amides is 1. The van der Waals surface area contributed by atoms with Crippen LogP contribution in [0.4, 0.5) is 5.69 Å². The van der Waals surface area contributed by atoms with E-state index >= 15 is 0 Å². The zero-order chi connectivity index (χ0) is 15.6. The maximum absolute atomic E-state index is 12.9. The Labute approximate surface area is 135 Å². The third kappa shape index (κ3) is 2.88. The second-order valence-electron chi connectivity index (χ2n) is 6.40. The van der Waals surface area contributed by atoms with E-state index in [1.807, 2.05) is 11.0 Å². The van der Waals surface area contributed by atoms with Crippen molar-refractivity contribution in [2.24, 2.45) is 5.92 Å². The zero-order valence-corrected chi connectivity index (χ0v) is 13.1. The molecule has 0 unspecified atom stereocenters. The zero-order valence-electron chi connectivity index (χ0n) is 13.1. The van der Waals surface area contributed by atoms with Gasteiger partial charge in [0.25, 0.3) is 0 Å². The molecule has 0 spiro atoms. The molecule has 2 aromatic rings. The number of benzene rings is 1. The van der Waals surface area contributed by atoms with Gasteiger partial charge in [0.15, 0.2) is 6.39 Å². The molecule has 1 saturated heterocycles. The molecule has 0 saturated carbocycles. The first kappa shape index (κ1) is 14.5. The van der Waals surface area contributed by atoms with E-state index in [-0.39, 0.29) is 5.92 Å². The predicted molar refractivity (Wildman–Crippen MR) is 87.0 cm³/mol. The van der Waals surface area contributed by atoms with Gasteiger partial charge in [-0.2, -0.15) is 0 Å². The van der Waals surface area contributed by atoms with Crippen molar-refractivity contribution in [3.05, 3.63) is 48.2 Å². The lowest BCUT2D eigenvalue weighted by molar-refractivity contribution is -0.123. The van der Waals surface area contributed by atoms with Crippen LogP contribution in [0.3, 0.4) is 0 Å². The second kappa shape index (κ2) is 6.16. The van der Waals surface area contributed by atoms with Crippen LogP contribution in [0.25, 0.3) is 0 Å². The minimum absolute atomic E-state index is 0.148. The lowest BCUT2D eigenvalue weighted by atomic mass is 9.95. The van der Waals surface area contributed by atoms with Crippen molar-refractivity contribution < 1.29 is 9.21 Å². The number of oxazole rings is 1. The molecular weight excluding hydrogens is 290 g/mol. The lowest BCUT2D eigenvalue weighted by Crippen LogP contribution is -2.42. The van der Waals surface area contributed by atoms with Gasteiger partial charge >= 0.3 is 0 Å². The number of aromatic nitrogens is 1. The van der Waals surface area contributed by atoms with Crippen molar-refractivity contribution in [3.63, 3.8) is 0 Å². The van der Waals surface area contributed by atoms with E-state index in [1.54, 1.807) is 6.26 Å². The second-order valence-corrected chi connectivity index (χ2v) is 6.40. The van der Waals surface area contributed by atoms with Gasteiger partial charge < -0.3 is 9.32 Å². The number of piperidine rings is 1. The molecule has 1 amide bonds. The highest BCUT2D eigenvalue weighted by Gasteiger charge is 2.32. The molecule has 1 aromatic carbocycles. The topological polar surface area (TPSA) is 49.6 Å². The largest absolute Gasteiger partial charge is 0.451 e. The number of carbonyl (C=O) groups excluding carboxylic acids is 1. The first-order valence-corrected chi connectivity index (χ1v) is 8.30. The minimum Gasteiger partial charge on any atom is -0.451 e. The van der Waals surface area contributed by atoms with E-state index in [4.69, 9.17) is 4.42 Å². The first-order chi connectivity index (χ1) is 11.3. The van der Waals surface area contributed by atoms with Gasteiger partial charge in [0, 0.05) is 24.7 Å². The molecule has 3 heterocycles. The van der Waals surface area contributed by atoms with E-state index in [1.165, 1.54) is 12.0 Å². The molecule has 4 rings (SSSR count). The number of fused-ring (bicyclic) bond motifs is 1. The summed E-state index contributed by atoms with van der Waals surface area (Å²) in [5, 5.41) is 0. The summed E-state index contributed by atoms with van der Waals surface area (Å²) >= 11 is 0. The Morgan fingerprint density at radius 1 is 1.22 bits per heavy atom. The summed E-state index contributed by atoms with van der Waals surface area (Å²) in [6.45, 7) is 3.53. The molecule has 23 heavy (non-hydrogen) atoms. The van der Waals surface area contributed by atoms with Crippen LogP contribution in [0.15, 0.2) is 41.3 Å². The molecule has 0 N–H and O–H groups in total. The average Bonchev–Trinajstić information content (AvgIpc) is 3.24. The normalized spacial score (nSPS) is 19.0. The molecule has 2 aliphatic rings. The standard InChI is InChI=1S/C18H21N3O2/c22-18(21-10-7-14-3-1-2-4-17(14)21)15-5-8-20(9-6-15)11-16-12-23-13-19-16/h1-4,12-13,15H,5-11H2. The van der Waals surface area contributed by atoms with Gasteiger partial charge in [0.05, 0.1) is 5.69 Å². The Balaban J connectivity index is 1.36. The molecule has 0 bridgehead atoms. The maximum Gasteiger partial charge on any atom is 0.230 e. The molecule has 0 aliphatic carbocycles. The van der Waals surface area contributed by atoms with Gasteiger partial charge in [-0.25, -0.2) is 4.98 Å². The average molecular weight is 311 g/mol. The van der Waals surface area contributed by atoms with Gasteiger partial charge in [0.2, 0.25) is 5.91 Å². The fraction of sp³-hybridized carbons (Fsp3) is 0.444. The van der Waals surface area contributed by atoms with Crippen molar-refractivity contribution in [2.75, 3.05) is 24.5 Å². The molecular formula is C18H21N3O2. The van der Waals surface area contributed by atoms with Gasteiger partial charge in [-0.15, -0.1) is 0 Å². The van der Waals surface area contributed by atoms with Crippen LogP contribution < -0.4 is 4.90 Å². The fourth-order valence-electron chi connectivity index (χ4n) is 3.67. The van der Waals surface area contributed by atoms with E-state index in [9.17, 15) is 4.79 Å². The summed E-state index contributed by atoms with van der Waals surface area (Å²) in [5.74, 6) is 0.450. The quantitative estimate of drug-likeness (QED) is 0.874. The van der Waals surface area contributed by atoms with Gasteiger partial charge in [-0.1, -0.05) is 18.2 Å². The van der Waals surface area contributed by atoms with Gasteiger partial charge in [0.1, 0.15) is 6.26 Å². The van der Waals surface area contributed by atoms with Crippen molar-refractivity contribution in [3.8, 4) is 0 Å². The van der Waals surface area contributed by atoms with Crippen LogP contribution in [-0.2, 0) is 17.8 Å². The van der Waals surface area contributed by atoms with Crippen LogP contribution in [0.5, 0.6) is 0 Å². The molecule has 5 heteroatoms. The van der Waals surface area contributed by atoms with Crippen LogP contribution in [0.1, 0.15) is 24.1 Å². The Morgan fingerprint density at radius 2 is 2.04 bits per heavy atom. The monoisotopic (exact) mass is 311 g/mol. The Kier molecular flexibility index (Phi) is 3.87. The maximum atomic E-state index is 12.9. The van der Waals surface area contributed by atoms with Gasteiger partial charge in [-0.3, -0.25) is 9.69 Å². The number of likely N-dealkylation sites (tertiary alicyclic amines) is 1. The lowest BCUT2D eigenvalue weighted by Gasteiger charge is -2.32. The number of nitrogens with zero attached hydrogens (tertiary/aromatic N) is 3. The Hall–Kier alpha value is -2.14. The SMILES string of the molecule is O=C(C1CCN(Cc2cocn2)CC1)N1CCc2ccccc21.